The van der Waals surface area contributed by atoms with Crippen molar-refractivity contribution in [3.05, 3.63) is 47.7 Å². The lowest BCUT2D eigenvalue weighted by Crippen LogP contribution is -2.43. The van der Waals surface area contributed by atoms with Gasteiger partial charge in [-0.25, -0.2) is 9.97 Å². The van der Waals surface area contributed by atoms with E-state index in [0.29, 0.717) is 19.0 Å². The van der Waals surface area contributed by atoms with E-state index in [1.54, 1.807) is 6.20 Å². The van der Waals surface area contributed by atoms with E-state index < -0.39 is 0 Å². The second-order valence-corrected chi connectivity index (χ2v) is 8.98. The molecule has 7 nitrogen and oxygen atoms in total. The number of piperidine rings is 1. The zero-order valence-electron chi connectivity index (χ0n) is 18.8. The van der Waals surface area contributed by atoms with Crippen molar-refractivity contribution in [3.8, 4) is 0 Å². The van der Waals surface area contributed by atoms with Crippen molar-refractivity contribution in [2.45, 2.75) is 45.6 Å². The molecule has 0 saturated carbocycles. The van der Waals surface area contributed by atoms with Crippen LogP contribution in [0.2, 0.25) is 0 Å². The first-order valence-corrected chi connectivity index (χ1v) is 11.5. The Labute approximate surface area is 185 Å². The van der Waals surface area contributed by atoms with E-state index in [1.807, 2.05) is 42.0 Å². The van der Waals surface area contributed by atoms with Gasteiger partial charge in [0.05, 0.1) is 12.2 Å². The second kappa shape index (κ2) is 10.2. The molecule has 2 fully saturated rings. The van der Waals surface area contributed by atoms with Crippen LogP contribution >= 0.6 is 0 Å². The monoisotopic (exact) mass is 422 g/mol. The number of pyridine rings is 1. The third kappa shape index (κ3) is 6.00. The van der Waals surface area contributed by atoms with Crippen LogP contribution < -0.4 is 4.90 Å². The molecule has 0 aliphatic carbocycles. The van der Waals surface area contributed by atoms with Crippen molar-refractivity contribution in [3.63, 3.8) is 0 Å². The number of likely N-dealkylation sites (N-methyl/N-ethyl adjacent to an activating group) is 1. The fraction of sp³-hybridized carbons (Fsp3) is 0.583. The van der Waals surface area contributed by atoms with Crippen molar-refractivity contribution in [2.24, 2.45) is 5.92 Å². The maximum absolute atomic E-state index is 12.7. The Morgan fingerprint density at radius 3 is 2.58 bits per heavy atom. The fourth-order valence-corrected chi connectivity index (χ4v) is 4.66. The predicted octanol–water partition coefficient (Wildman–Crippen LogP) is 2.69. The maximum atomic E-state index is 12.7. The van der Waals surface area contributed by atoms with Gasteiger partial charge in [-0.3, -0.25) is 14.7 Å². The van der Waals surface area contributed by atoms with E-state index in [2.05, 4.69) is 20.9 Å². The lowest BCUT2D eigenvalue weighted by Gasteiger charge is -2.33. The summed E-state index contributed by atoms with van der Waals surface area (Å²) in [4.78, 5) is 32.9. The van der Waals surface area contributed by atoms with Gasteiger partial charge in [-0.2, -0.15) is 0 Å². The van der Waals surface area contributed by atoms with Gasteiger partial charge in [0.2, 0.25) is 5.91 Å². The van der Waals surface area contributed by atoms with Crippen molar-refractivity contribution >= 4 is 11.7 Å². The van der Waals surface area contributed by atoms with Gasteiger partial charge in [-0.05, 0) is 64.1 Å². The lowest BCUT2D eigenvalue weighted by molar-refractivity contribution is -0.133. The second-order valence-electron chi connectivity index (χ2n) is 8.98. The quantitative estimate of drug-likeness (QED) is 0.684. The van der Waals surface area contributed by atoms with E-state index in [1.165, 1.54) is 12.8 Å². The molecule has 1 amide bonds. The standard InChI is InChI=1S/C24H34N6O/c1-19-26-22(16-23(27-19)29-11-5-6-12-29)15-20-8-13-30(14-9-20)24(31)18-28(2)17-21-7-3-4-10-25-21/h3-4,7,10,16,20H,5-6,8-9,11-15,17-18H2,1-2H3. The highest BCUT2D eigenvalue weighted by molar-refractivity contribution is 5.78. The SMILES string of the molecule is Cc1nc(CC2CCN(C(=O)CN(C)Cc3ccccn3)CC2)cc(N2CCCC2)n1. The predicted molar refractivity (Wildman–Crippen MR) is 122 cm³/mol. The van der Waals surface area contributed by atoms with Crippen molar-refractivity contribution in [1.29, 1.82) is 0 Å². The molecule has 0 atom stereocenters. The number of hydrogen-bond acceptors (Lipinski definition) is 6. The van der Waals surface area contributed by atoms with Crippen LogP contribution in [-0.2, 0) is 17.8 Å². The molecule has 0 N–H and O–H groups in total. The summed E-state index contributed by atoms with van der Waals surface area (Å²) in [7, 11) is 1.98. The number of aromatic nitrogens is 3. The highest BCUT2D eigenvalue weighted by Crippen LogP contribution is 2.24. The number of carbonyl (C=O) groups is 1. The molecule has 2 aromatic heterocycles. The number of hydrogen-bond donors (Lipinski definition) is 0. The van der Waals surface area contributed by atoms with Gasteiger partial charge in [0.15, 0.2) is 0 Å². The molecule has 0 aromatic carbocycles. The molecular weight excluding hydrogens is 388 g/mol. The van der Waals surface area contributed by atoms with E-state index in [4.69, 9.17) is 4.98 Å². The third-order valence-electron chi connectivity index (χ3n) is 6.34. The molecule has 2 aliphatic rings. The van der Waals surface area contributed by atoms with Gasteiger partial charge >= 0.3 is 0 Å². The molecule has 166 valence electrons. The van der Waals surface area contributed by atoms with Crippen molar-refractivity contribution < 1.29 is 4.79 Å². The summed E-state index contributed by atoms with van der Waals surface area (Å²) in [5.41, 5.74) is 2.14. The summed E-state index contributed by atoms with van der Waals surface area (Å²) in [5.74, 6) is 2.74. The number of nitrogens with zero attached hydrogens (tertiary/aromatic N) is 6. The number of carbonyl (C=O) groups excluding carboxylic acids is 1. The Balaban J connectivity index is 1.25. The Kier molecular flexibility index (Phi) is 7.12. The fourth-order valence-electron chi connectivity index (χ4n) is 4.66. The number of aryl methyl sites for hydroxylation is 1. The van der Waals surface area contributed by atoms with E-state index in [0.717, 1.165) is 68.5 Å². The van der Waals surface area contributed by atoms with Gasteiger partial charge in [0.25, 0.3) is 0 Å². The number of amides is 1. The van der Waals surface area contributed by atoms with Crippen LogP contribution in [0.4, 0.5) is 5.82 Å². The Morgan fingerprint density at radius 1 is 1.10 bits per heavy atom. The molecule has 31 heavy (non-hydrogen) atoms. The first kappa shape index (κ1) is 21.7. The average molecular weight is 423 g/mol. The molecule has 2 saturated heterocycles. The van der Waals surface area contributed by atoms with Crippen LogP contribution in [-0.4, -0.2) is 70.4 Å². The summed E-state index contributed by atoms with van der Waals surface area (Å²) in [6.45, 7) is 7.00. The number of likely N-dealkylation sites (tertiary alicyclic amines) is 1. The van der Waals surface area contributed by atoms with Crippen LogP contribution in [0.1, 0.15) is 42.9 Å². The minimum Gasteiger partial charge on any atom is -0.357 e. The maximum Gasteiger partial charge on any atom is 0.236 e. The summed E-state index contributed by atoms with van der Waals surface area (Å²) in [6.07, 6.45) is 7.36. The van der Waals surface area contributed by atoms with E-state index in [-0.39, 0.29) is 5.91 Å². The minimum atomic E-state index is 0.214. The molecule has 0 bridgehead atoms. The Bertz CT molecular complexity index is 860. The Hall–Kier alpha value is -2.54. The minimum absolute atomic E-state index is 0.214. The molecule has 2 aliphatic heterocycles. The first-order chi connectivity index (χ1) is 15.1. The summed E-state index contributed by atoms with van der Waals surface area (Å²) in [6, 6.07) is 8.07. The zero-order chi connectivity index (χ0) is 21.6. The summed E-state index contributed by atoms with van der Waals surface area (Å²) >= 11 is 0. The smallest absolute Gasteiger partial charge is 0.236 e. The van der Waals surface area contributed by atoms with Crippen molar-refractivity contribution in [2.75, 3.05) is 44.7 Å². The zero-order valence-corrected chi connectivity index (χ0v) is 18.8. The number of rotatable bonds is 7. The van der Waals surface area contributed by atoms with Gasteiger partial charge in [-0.15, -0.1) is 0 Å². The summed E-state index contributed by atoms with van der Waals surface area (Å²) < 4.78 is 0. The molecule has 0 radical (unpaired) electrons. The van der Waals surface area contributed by atoms with Gasteiger partial charge < -0.3 is 9.80 Å². The van der Waals surface area contributed by atoms with E-state index >= 15 is 0 Å². The van der Waals surface area contributed by atoms with Crippen molar-refractivity contribution in [1.82, 2.24) is 24.8 Å². The number of anilines is 1. The third-order valence-corrected chi connectivity index (χ3v) is 6.34. The molecule has 0 spiro atoms. The molecule has 2 aromatic rings. The lowest BCUT2D eigenvalue weighted by atomic mass is 9.92. The molecule has 4 rings (SSSR count). The van der Waals surface area contributed by atoms with Crippen LogP contribution in [0.3, 0.4) is 0 Å². The molecule has 4 heterocycles. The average Bonchev–Trinajstić information content (AvgIpc) is 3.29. The van der Waals surface area contributed by atoms with Crippen LogP contribution in [0.5, 0.6) is 0 Å². The topological polar surface area (TPSA) is 65.5 Å². The Morgan fingerprint density at radius 2 is 1.87 bits per heavy atom. The van der Waals surface area contributed by atoms with Gasteiger partial charge in [-0.1, -0.05) is 6.07 Å². The van der Waals surface area contributed by atoms with Gasteiger partial charge in [0.1, 0.15) is 11.6 Å². The highest BCUT2D eigenvalue weighted by atomic mass is 16.2. The van der Waals surface area contributed by atoms with Crippen LogP contribution in [0.25, 0.3) is 0 Å². The largest absolute Gasteiger partial charge is 0.357 e. The van der Waals surface area contributed by atoms with Crippen LogP contribution in [0, 0.1) is 12.8 Å². The molecule has 7 heteroatoms. The highest BCUT2D eigenvalue weighted by Gasteiger charge is 2.24. The van der Waals surface area contributed by atoms with Gasteiger partial charge in [0, 0.05) is 50.7 Å². The molecule has 0 unspecified atom stereocenters. The van der Waals surface area contributed by atoms with E-state index in [9.17, 15) is 4.79 Å². The molecular formula is C24H34N6O. The summed E-state index contributed by atoms with van der Waals surface area (Å²) in [5, 5.41) is 0. The van der Waals surface area contributed by atoms with Crippen LogP contribution in [0.15, 0.2) is 30.5 Å². The normalized spacial score (nSPS) is 17.5. The first-order valence-electron chi connectivity index (χ1n) is 11.5.